The molecule has 2 aliphatic heterocycles. The van der Waals surface area contributed by atoms with Crippen molar-refractivity contribution < 1.29 is 28.2 Å². The van der Waals surface area contributed by atoms with E-state index in [1.54, 1.807) is 48.8 Å². The second-order valence-electron chi connectivity index (χ2n) is 12.7. The van der Waals surface area contributed by atoms with Crippen molar-refractivity contribution in [2.75, 3.05) is 31.5 Å². The van der Waals surface area contributed by atoms with E-state index in [-0.39, 0.29) is 28.9 Å². The highest BCUT2D eigenvalue weighted by Crippen LogP contribution is 2.34. The Balaban J connectivity index is 1.37. The molecule has 0 bridgehead atoms. The number of anilines is 1. The molecular weight excluding hydrogens is 573 g/mol. The van der Waals surface area contributed by atoms with Crippen LogP contribution in [0.3, 0.4) is 0 Å². The number of hydrogen-bond donors (Lipinski definition) is 1. The number of carbonyl (C=O) groups is 3. The third kappa shape index (κ3) is 8.60. The van der Waals surface area contributed by atoms with Gasteiger partial charge >= 0.3 is 12.2 Å². The molecule has 43 heavy (non-hydrogen) atoms. The predicted octanol–water partition coefficient (Wildman–Crippen LogP) is 7.78. The lowest BCUT2D eigenvalue weighted by Crippen LogP contribution is -2.39. The average Bonchev–Trinajstić information content (AvgIpc) is 2.91. The van der Waals surface area contributed by atoms with E-state index in [0.29, 0.717) is 43.6 Å². The van der Waals surface area contributed by atoms with Gasteiger partial charge in [0.05, 0.1) is 5.02 Å². The summed E-state index contributed by atoms with van der Waals surface area (Å²) in [4.78, 5) is 40.8. The predicted molar refractivity (Wildman–Crippen MR) is 167 cm³/mol. The second kappa shape index (κ2) is 12.8. The highest BCUT2D eigenvalue weighted by molar-refractivity contribution is 6.32. The maximum Gasteiger partial charge on any atom is 0.410 e. The largest absolute Gasteiger partial charge is 0.444 e. The van der Waals surface area contributed by atoms with Gasteiger partial charge in [-0.2, -0.15) is 0 Å². The van der Waals surface area contributed by atoms with Gasteiger partial charge < -0.3 is 24.6 Å². The molecule has 0 unspecified atom stereocenters. The van der Waals surface area contributed by atoms with Crippen molar-refractivity contribution in [3.63, 3.8) is 0 Å². The minimum absolute atomic E-state index is 0.173. The first kappa shape index (κ1) is 32.1. The summed E-state index contributed by atoms with van der Waals surface area (Å²) >= 11 is 6.48. The molecule has 0 radical (unpaired) electrons. The smallest absolute Gasteiger partial charge is 0.410 e. The van der Waals surface area contributed by atoms with Crippen LogP contribution in [0.25, 0.3) is 11.1 Å². The molecule has 230 valence electrons. The van der Waals surface area contributed by atoms with E-state index in [4.69, 9.17) is 21.1 Å². The maximum absolute atomic E-state index is 15.2. The molecule has 4 rings (SSSR count). The molecule has 0 atom stereocenters. The van der Waals surface area contributed by atoms with E-state index in [1.165, 1.54) is 12.1 Å². The van der Waals surface area contributed by atoms with Crippen molar-refractivity contribution in [2.24, 2.45) is 0 Å². The van der Waals surface area contributed by atoms with Gasteiger partial charge in [-0.1, -0.05) is 35.9 Å². The fourth-order valence-electron chi connectivity index (χ4n) is 4.80. The molecule has 2 aromatic carbocycles. The summed E-state index contributed by atoms with van der Waals surface area (Å²) in [7, 11) is 0. The molecule has 1 N–H and O–H groups in total. The van der Waals surface area contributed by atoms with E-state index < -0.39 is 29.0 Å². The van der Waals surface area contributed by atoms with Crippen LogP contribution in [0.15, 0.2) is 48.6 Å². The number of benzene rings is 2. The highest BCUT2D eigenvalue weighted by Gasteiger charge is 2.26. The average molecular weight is 612 g/mol. The van der Waals surface area contributed by atoms with E-state index in [2.05, 4.69) is 5.32 Å². The topological polar surface area (TPSA) is 88.2 Å². The van der Waals surface area contributed by atoms with Gasteiger partial charge in [0.25, 0.3) is 5.91 Å². The molecule has 0 saturated heterocycles. The Bertz CT molecular complexity index is 1430. The van der Waals surface area contributed by atoms with Gasteiger partial charge in [-0.05, 0) is 95.4 Å². The van der Waals surface area contributed by atoms with Crippen LogP contribution in [0.4, 0.5) is 19.7 Å². The van der Waals surface area contributed by atoms with Crippen molar-refractivity contribution in [1.29, 1.82) is 0 Å². The number of amides is 3. The van der Waals surface area contributed by atoms with Gasteiger partial charge in [0, 0.05) is 43.0 Å². The monoisotopic (exact) mass is 611 g/mol. The Morgan fingerprint density at radius 1 is 0.814 bits per heavy atom. The van der Waals surface area contributed by atoms with Crippen molar-refractivity contribution in [3.8, 4) is 0 Å². The molecule has 0 aliphatic carbocycles. The Hall–Kier alpha value is -3.85. The molecule has 2 heterocycles. The highest BCUT2D eigenvalue weighted by atomic mass is 35.5. The summed E-state index contributed by atoms with van der Waals surface area (Å²) in [6, 6.07) is 9.91. The van der Waals surface area contributed by atoms with Gasteiger partial charge in [0.1, 0.15) is 17.0 Å². The summed E-state index contributed by atoms with van der Waals surface area (Å²) in [5.41, 5.74) is 2.51. The summed E-state index contributed by atoms with van der Waals surface area (Å²) in [6.45, 7) is 12.6. The Morgan fingerprint density at radius 3 is 1.77 bits per heavy atom. The van der Waals surface area contributed by atoms with Crippen LogP contribution in [0.5, 0.6) is 0 Å². The lowest BCUT2D eigenvalue weighted by Gasteiger charge is -2.30. The van der Waals surface area contributed by atoms with Gasteiger partial charge in [0.15, 0.2) is 0 Å². The first-order chi connectivity index (χ1) is 20.1. The lowest BCUT2D eigenvalue weighted by atomic mass is 9.98. The molecule has 10 heteroatoms. The zero-order chi connectivity index (χ0) is 31.5. The van der Waals surface area contributed by atoms with Crippen molar-refractivity contribution in [3.05, 3.63) is 76.1 Å². The standard InChI is InChI=1S/C33H39ClFN3O5/c1-32(2,3)42-30(40)37-15-11-22(12-16-37)21-7-9-24(10-8-21)29(39)36-25-19-26(34)28(27(35)20-25)23-13-17-38(18-14-23)31(41)43-33(4,5)6/h7-11,13,19-20H,12,14-18H2,1-6H3,(H,36,39). The fourth-order valence-corrected chi connectivity index (χ4v) is 5.13. The van der Waals surface area contributed by atoms with Crippen LogP contribution in [-0.4, -0.2) is 65.3 Å². The summed E-state index contributed by atoms with van der Waals surface area (Å²) < 4.78 is 26.1. The number of nitrogens with one attached hydrogen (secondary N) is 1. The number of ether oxygens (including phenoxy) is 2. The molecule has 0 saturated carbocycles. The van der Waals surface area contributed by atoms with Gasteiger partial charge in [-0.15, -0.1) is 0 Å². The number of rotatable bonds is 4. The Kier molecular flexibility index (Phi) is 9.54. The van der Waals surface area contributed by atoms with Crippen molar-refractivity contribution >= 4 is 46.5 Å². The SMILES string of the molecule is CC(C)(C)OC(=O)N1CC=C(c2ccc(C(=O)Nc3cc(F)c(C4=CCN(C(=O)OC(C)(C)C)CC4)c(Cl)c3)cc2)CC1. The minimum Gasteiger partial charge on any atom is -0.444 e. The minimum atomic E-state index is -0.598. The van der Waals surface area contributed by atoms with E-state index in [1.807, 2.05) is 39.0 Å². The summed E-state index contributed by atoms with van der Waals surface area (Å²) in [5.74, 6) is -0.951. The van der Waals surface area contributed by atoms with Gasteiger partial charge in [0.2, 0.25) is 0 Å². The summed E-state index contributed by atoms with van der Waals surface area (Å²) in [6.07, 6.45) is 4.11. The van der Waals surface area contributed by atoms with Gasteiger partial charge in [-0.25, -0.2) is 14.0 Å². The number of hydrogen-bond acceptors (Lipinski definition) is 5. The number of nitrogens with zero attached hydrogens (tertiary/aromatic N) is 2. The maximum atomic E-state index is 15.2. The molecule has 8 nitrogen and oxygen atoms in total. The van der Waals surface area contributed by atoms with Crippen LogP contribution < -0.4 is 5.32 Å². The first-order valence-corrected chi connectivity index (χ1v) is 14.7. The van der Waals surface area contributed by atoms with Gasteiger partial charge in [-0.3, -0.25) is 4.79 Å². The third-order valence-corrected chi connectivity index (χ3v) is 7.16. The van der Waals surface area contributed by atoms with E-state index in [9.17, 15) is 14.4 Å². The summed E-state index contributed by atoms with van der Waals surface area (Å²) in [5, 5.41) is 2.90. The molecule has 2 aromatic rings. The van der Waals surface area contributed by atoms with E-state index in [0.717, 1.165) is 11.1 Å². The Labute approximate surface area is 257 Å². The number of halogens is 2. The normalized spacial score (nSPS) is 15.8. The van der Waals surface area contributed by atoms with Crippen LogP contribution in [0.1, 0.15) is 75.9 Å². The quantitative estimate of drug-likeness (QED) is 0.381. The number of carbonyl (C=O) groups excluding carboxylic acids is 3. The molecule has 0 spiro atoms. The molecule has 2 aliphatic rings. The van der Waals surface area contributed by atoms with Crippen LogP contribution in [0.2, 0.25) is 5.02 Å². The fraction of sp³-hybridized carbons (Fsp3) is 0.424. The zero-order valence-electron chi connectivity index (χ0n) is 25.6. The van der Waals surface area contributed by atoms with Crippen molar-refractivity contribution in [1.82, 2.24) is 9.80 Å². The molecule has 3 amide bonds. The zero-order valence-corrected chi connectivity index (χ0v) is 26.3. The lowest BCUT2D eigenvalue weighted by molar-refractivity contribution is 0.0260. The van der Waals surface area contributed by atoms with E-state index >= 15 is 4.39 Å². The third-order valence-electron chi connectivity index (χ3n) is 6.86. The van der Waals surface area contributed by atoms with Crippen LogP contribution in [-0.2, 0) is 9.47 Å². The van der Waals surface area contributed by atoms with Crippen LogP contribution in [0, 0.1) is 5.82 Å². The molecule has 0 fully saturated rings. The molecular formula is C33H39ClFN3O5. The molecule has 0 aromatic heterocycles. The van der Waals surface area contributed by atoms with Crippen molar-refractivity contribution in [2.45, 2.75) is 65.6 Å². The van der Waals surface area contributed by atoms with Crippen LogP contribution >= 0.6 is 11.6 Å². The second-order valence-corrected chi connectivity index (χ2v) is 13.1. The Morgan fingerprint density at radius 2 is 1.33 bits per heavy atom. The first-order valence-electron chi connectivity index (χ1n) is 14.3.